The van der Waals surface area contributed by atoms with E-state index in [1.165, 1.54) is 0 Å². The van der Waals surface area contributed by atoms with E-state index in [9.17, 15) is 4.79 Å². The molecule has 14 heavy (non-hydrogen) atoms. The van der Waals surface area contributed by atoms with Crippen molar-refractivity contribution >= 4 is 18.5 Å². The molecular formula is C8H20ClN3O2. The molecule has 0 bridgehead atoms. The highest BCUT2D eigenvalue weighted by Crippen LogP contribution is 1.94. The van der Waals surface area contributed by atoms with Crippen LogP contribution in [-0.4, -0.2) is 24.9 Å². The van der Waals surface area contributed by atoms with Crippen LogP contribution < -0.4 is 16.8 Å². The van der Waals surface area contributed by atoms with Gasteiger partial charge in [-0.15, -0.1) is 12.4 Å². The van der Waals surface area contributed by atoms with Crippen molar-refractivity contribution in [3.05, 3.63) is 0 Å². The molecule has 0 aliphatic heterocycles. The molecule has 0 aromatic rings. The van der Waals surface area contributed by atoms with Gasteiger partial charge in [0.05, 0.1) is 0 Å². The largest absolute Gasteiger partial charge is 0.431 e. The van der Waals surface area contributed by atoms with Gasteiger partial charge in [-0.3, -0.25) is 5.73 Å². The van der Waals surface area contributed by atoms with E-state index in [0.717, 1.165) is 6.42 Å². The maximum atomic E-state index is 11.0. The minimum atomic E-state index is -0.516. The van der Waals surface area contributed by atoms with Crippen LogP contribution in [0.2, 0.25) is 0 Å². The van der Waals surface area contributed by atoms with Crippen molar-refractivity contribution < 1.29 is 9.53 Å². The molecule has 1 amide bonds. The third-order valence-corrected chi connectivity index (χ3v) is 1.40. The van der Waals surface area contributed by atoms with Crippen LogP contribution in [0.5, 0.6) is 0 Å². The number of amides is 1. The number of rotatable bonds is 5. The summed E-state index contributed by atoms with van der Waals surface area (Å²) < 4.78 is 4.81. The summed E-state index contributed by atoms with van der Waals surface area (Å²) in [7, 11) is 0. The normalized spacial score (nSPS) is 13.7. The molecule has 5 N–H and O–H groups in total. The van der Waals surface area contributed by atoms with Crippen molar-refractivity contribution in [1.82, 2.24) is 5.32 Å². The van der Waals surface area contributed by atoms with Crippen molar-refractivity contribution in [3.8, 4) is 0 Å². The van der Waals surface area contributed by atoms with E-state index in [4.69, 9.17) is 16.2 Å². The Morgan fingerprint density at radius 1 is 1.50 bits per heavy atom. The quantitative estimate of drug-likeness (QED) is 0.597. The number of alkyl carbamates (subject to hydrolysis) is 1. The molecule has 0 aliphatic rings. The Morgan fingerprint density at radius 2 is 2.07 bits per heavy atom. The first-order valence-electron chi connectivity index (χ1n) is 4.52. The number of carbonyl (C=O) groups is 1. The summed E-state index contributed by atoms with van der Waals surface area (Å²) in [5.74, 6) is 0. The topological polar surface area (TPSA) is 90.4 Å². The van der Waals surface area contributed by atoms with Crippen LogP contribution in [-0.2, 0) is 4.74 Å². The fourth-order valence-corrected chi connectivity index (χ4v) is 0.767. The molecule has 1 unspecified atom stereocenters. The van der Waals surface area contributed by atoms with Crippen LogP contribution in [0.25, 0.3) is 0 Å². The average Bonchev–Trinajstić information content (AvgIpc) is 2.01. The minimum Gasteiger partial charge on any atom is -0.431 e. The molecule has 86 valence electrons. The van der Waals surface area contributed by atoms with E-state index in [1.807, 2.05) is 6.92 Å². The first kappa shape index (κ1) is 15.9. The molecule has 0 heterocycles. The number of hydrogen-bond acceptors (Lipinski definition) is 4. The zero-order valence-electron chi connectivity index (χ0n) is 8.66. The van der Waals surface area contributed by atoms with Gasteiger partial charge in [0.2, 0.25) is 0 Å². The van der Waals surface area contributed by atoms with Crippen LogP contribution in [0.4, 0.5) is 4.79 Å². The van der Waals surface area contributed by atoms with Crippen LogP contribution in [0.15, 0.2) is 0 Å². The fourth-order valence-electron chi connectivity index (χ4n) is 0.767. The van der Waals surface area contributed by atoms with Gasteiger partial charge in [0.15, 0.2) is 6.23 Å². The Balaban J connectivity index is 0. The molecule has 0 fully saturated rings. The summed E-state index contributed by atoms with van der Waals surface area (Å²) in [5, 5.41) is 2.51. The van der Waals surface area contributed by atoms with Gasteiger partial charge in [-0.25, -0.2) is 4.79 Å². The van der Waals surface area contributed by atoms with Crippen LogP contribution in [0.3, 0.4) is 0 Å². The second kappa shape index (κ2) is 9.05. The van der Waals surface area contributed by atoms with Gasteiger partial charge in [0.25, 0.3) is 0 Å². The summed E-state index contributed by atoms with van der Waals surface area (Å²) in [5.41, 5.74) is 10.9. The minimum absolute atomic E-state index is 0. The van der Waals surface area contributed by atoms with E-state index in [0.29, 0.717) is 13.0 Å². The summed E-state index contributed by atoms with van der Waals surface area (Å²) >= 11 is 0. The summed E-state index contributed by atoms with van der Waals surface area (Å²) in [6.07, 6.45) is 0.546. The van der Waals surface area contributed by atoms with Crippen molar-refractivity contribution in [3.63, 3.8) is 0 Å². The number of halogens is 1. The molecule has 0 radical (unpaired) electrons. The van der Waals surface area contributed by atoms with Crippen molar-refractivity contribution in [1.29, 1.82) is 0 Å². The molecule has 0 saturated heterocycles. The second-order valence-corrected chi connectivity index (χ2v) is 3.09. The molecule has 0 rings (SSSR count). The van der Waals surface area contributed by atoms with Gasteiger partial charge in [0, 0.05) is 12.6 Å². The average molecular weight is 226 g/mol. The number of ether oxygens (including phenoxy) is 1. The molecule has 0 aromatic heterocycles. The molecule has 0 aromatic carbocycles. The highest BCUT2D eigenvalue weighted by atomic mass is 35.5. The summed E-state index contributed by atoms with van der Waals surface area (Å²) in [6.45, 7) is 4.17. The number of nitrogens with one attached hydrogen (secondary N) is 1. The van der Waals surface area contributed by atoms with Gasteiger partial charge >= 0.3 is 6.09 Å². The molecule has 2 atom stereocenters. The molecule has 5 nitrogen and oxygen atoms in total. The monoisotopic (exact) mass is 225 g/mol. The Kier molecular flexibility index (Phi) is 10.3. The van der Waals surface area contributed by atoms with Crippen LogP contribution in [0, 0.1) is 0 Å². The maximum absolute atomic E-state index is 11.0. The van der Waals surface area contributed by atoms with Gasteiger partial charge < -0.3 is 15.8 Å². The molecule has 0 aliphatic carbocycles. The van der Waals surface area contributed by atoms with Crippen molar-refractivity contribution in [2.24, 2.45) is 11.5 Å². The van der Waals surface area contributed by atoms with E-state index >= 15 is 0 Å². The number of nitrogens with two attached hydrogens (primary N) is 2. The third kappa shape index (κ3) is 9.57. The standard InChI is InChI=1S/C8H19N3O2.ClH/c1-3-4-7(10)13-8(12)11-5-6(2)9;/h6-7H,3-5,9-10H2,1-2H3,(H,11,12);1H/t6-,7?;/m0./s1. The van der Waals surface area contributed by atoms with Gasteiger partial charge in [-0.1, -0.05) is 13.3 Å². The van der Waals surface area contributed by atoms with Crippen LogP contribution >= 0.6 is 12.4 Å². The van der Waals surface area contributed by atoms with E-state index in [2.05, 4.69) is 5.32 Å². The number of hydrogen-bond donors (Lipinski definition) is 3. The van der Waals surface area contributed by atoms with E-state index in [-0.39, 0.29) is 18.4 Å². The highest BCUT2D eigenvalue weighted by molar-refractivity contribution is 5.85. The Bertz CT molecular complexity index is 156. The summed E-state index contributed by atoms with van der Waals surface area (Å²) in [6, 6.07) is -0.0741. The van der Waals surface area contributed by atoms with Gasteiger partial charge in [0.1, 0.15) is 0 Å². The van der Waals surface area contributed by atoms with Crippen LogP contribution in [0.1, 0.15) is 26.7 Å². The molecular weight excluding hydrogens is 206 g/mol. The Labute approximate surface area is 91.0 Å². The van der Waals surface area contributed by atoms with Gasteiger partial charge in [-0.2, -0.15) is 0 Å². The first-order valence-corrected chi connectivity index (χ1v) is 4.52. The zero-order chi connectivity index (χ0) is 10.3. The Morgan fingerprint density at radius 3 is 2.50 bits per heavy atom. The lowest BCUT2D eigenvalue weighted by Gasteiger charge is -2.13. The Hall–Kier alpha value is -0.520. The second-order valence-electron chi connectivity index (χ2n) is 3.09. The lowest BCUT2D eigenvalue weighted by molar-refractivity contribution is 0.0953. The predicted octanol–water partition coefficient (Wildman–Crippen LogP) is 0.567. The predicted molar refractivity (Wildman–Crippen MR) is 58.3 cm³/mol. The lowest BCUT2D eigenvalue weighted by atomic mass is 10.3. The fraction of sp³-hybridized carbons (Fsp3) is 0.875. The first-order chi connectivity index (χ1) is 6.06. The van der Waals surface area contributed by atoms with Crippen molar-refractivity contribution in [2.75, 3.05) is 6.54 Å². The van der Waals surface area contributed by atoms with Crippen molar-refractivity contribution in [2.45, 2.75) is 39.0 Å². The summed E-state index contributed by atoms with van der Waals surface area (Å²) in [4.78, 5) is 11.0. The lowest BCUT2D eigenvalue weighted by Crippen LogP contribution is -2.39. The van der Waals surface area contributed by atoms with E-state index < -0.39 is 12.3 Å². The molecule has 0 saturated carbocycles. The smallest absolute Gasteiger partial charge is 0.408 e. The molecule has 0 spiro atoms. The third-order valence-electron chi connectivity index (χ3n) is 1.40. The van der Waals surface area contributed by atoms with Gasteiger partial charge in [-0.05, 0) is 13.3 Å². The number of carbonyl (C=O) groups excluding carboxylic acids is 1. The SMILES string of the molecule is CCCC(N)OC(=O)NC[C@H](C)N.Cl. The molecule has 6 heteroatoms. The highest BCUT2D eigenvalue weighted by Gasteiger charge is 2.08. The zero-order valence-corrected chi connectivity index (χ0v) is 9.47. The maximum Gasteiger partial charge on any atom is 0.408 e. The van der Waals surface area contributed by atoms with E-state index in [1.54, 1.807) is 6.92 Å².